The summed E-state index contributed by atoms with van der Waals surface area (Å²) in [4.78, 5) is 0. The molecule has 27 heavy (non-hydrogen) atoms. The molecular weight excluding hydrogens is 330 g/mol. The Labute approximate surface area is 170 Å². The van der Waals surface area contributed by atoms with Crippen molar-refractivity contribution in [1.82, 2.24) is 16.0 Å². The number of allylic oxidation sites excluding steroid dienone is 2. The molecule has 0 aliphatic rings. The molecule has 0 saturated heterocycles. The smallest absolute Gasteiger partial charge is 0.0654 e. The molecule has 2 atom stereocenters. The predicted molar refractivity (Wildman–Crippen MR) is 123 cm³/mol. The predicted octanol–water partition coefficient (Wildman–Crippen LogP) is 6.26. The average molecular weight is 378 g/mol. The summed E-state index contributed by atoms with van der Waals surface area (Å²) < 4.78 is 0. The molecule has 0 aromatic rings. The fourth-order valence-electron chi connectivity index (χ4n) is 3.15. The highest BCUT2D eigenvalue weighted by atomic mass is 15.0. The molecule has 0 radical (unpaired) electrons. The van der Waals surface area contributed by atoms with Crippen molar-refractivity contribution in [2.45, 2.75) is 97.9 Å². The molecule has 2 unspecified atom stereocenters. The van der Waals surface area contributed by atoms with Gasteiger partial charge in [0, 0.05) is 30.2 Å². The Balaban J connectivity index is 4.73. The number of hydrogen-bond acceptors (Lipinski definition) is 3. The Morgan fingerprint density at radius 2 is 1.33 bits per heavy atom. The van der Waals surface area contributed by atoms with Gasteiger partial charge < -0.3 is 16.0 Å². The van der Waals surface area contributed by atoms with E-state index in [9.17, 15) is 0 Å². The van der Waals surface area contributed by atoms with Gasteiger partial charge in [-0.15, -0.1) is 0 Å². The van der Waals surface area contributed by atoms with Gasteiger partial charge in [0.25, 0.3) is 0 Å². The molecule has 0 saturated carbocycles. The van der Waals surface area contributed by atoms with Gasteiger partial charge in [-0.25, -0.2) is 0 Å². The second-order valence-corrected chi connectivity index (χ2v) is 7.70. The largest absolute Gasteiger partial charge is 0.389 e. The van der Waals surface area contributed by atoms with Gasteiger partial charge in [-0.05, 0) is 44.4 Å². The monoisotopic (exact) mass is 377 g/mol. The third-order valence-electron chi connectivity index (χ3n) is 5.19. The van der Waals surface area contributed by atoms with Gasteiger partial charge in [0.1, 0.15) is 0 Å². The summed E-state index contributed by atoms with van der Waals surface area (Å²) in [6, 6.07) is 0.203. The molecule has 0 bridgehead atoms. The van der Waals surface area contributed by atoms with Crippen molar-refractivity contribution in [3.05, 3.63) is 36.8 Å². The Bertz CT molecular complexity index is 414. The molecule has 3 N–H and O–H groups in total. The van der Waals surface area contributed by atoms with E-state index in [0.29, 0.717) is 5.92 Å². The van der Waals surface area contributed by atoms with Gasteiger partial charge >= 0.3 is 0 Å². The highest BCUT2D eigenvalue weighted by Crippen LogP contribution is 2.21. The van der Waals surface area contributed by atoms with E-state index < -0.39 is 0 Å². The molecule has 3 nitrogen and oxygen atoms in total. The SMILES string of the molecule is C=C(CCC(NC(=C)C(CC)CCCC)C(=C)NCCCC)NCCCC. The fourth-order valence-corrected chi connectivity index (χ4v) is 3.15. The summed E-state index contributed by atoms with van der Waals surface area (Å²) in [6.45, 7) is 23.8. The van der Waals surface area contributed by atoms with Crippen LogP contribution in [0.2, 0.25) is 0 Å². The van der Waals surface area contributed by atoms with E-state index in [0.717, 1.165) is 43.7 Å². The Morgan fingerprint density at radius 3 is 1.89 bits per heavy atom. The Kier molecular flexibility index (Phi) is 15.9. The molecule has 0 aliphatic carbocycles. The second kappa shape index (κ2) is 16.8. The van der Waals surface area contributed by atoms with Crippen molar-refractivity contribution >= 4 is 0 Å². The molecule has 0 amide bonds. The van der Waals surface area contributed by atoms with Crippen molar-refractivity contribution in [2.24, 2.45) is 5.92 Å². The van der Waals surface area contributed by atoms with Crippen molar-refractivity contribution in [3.8, 4) is 0 Å². The number of unbranched alkanes of at least 4 members (excludes halogenated alkanes) is 3. The summed E-state index contributed by atoms with van der Waals surface area (Å²) in [6.07, 6.45) is 11.6. The lowest BCUT2D eigenvalue weighted by Gasteiger charge is -2.28. The van der Waals surface area contributed by atoms with Crippen LogP contribution in [0.3, 0.4) is 0 Å². The minimum absolute atomic E-state index is 0.203. The average Bonchev–Trinajstić information content (AvgIpc) is 2.65. The summed E-state index contributed by atoms with van der Waals surface area (Å²) in [5, 5.41) is 10.7. The number of nitrogens with one attached hydrogen (secondary N) is 3. The van der Waals surface area contributed by atoms with Crippen LogP contribution in [0.5, 0.6) is 0 Å². The molecule has 158 valence electrons. The van der Waals surface area contributed by atoms with Gasteiger partial charge in [0.2, 0.25) is 0 Å². The van der Waals surface area contributed by atoms with Gasteiger partial charge in [0.15, 0.2) is 0 Å². The lowest BCUT2D eigenvalue weighted by atomic mass is 9.95. The van der Waals surface area contributed by atoms with E-state index >= 15 is 0 Å². The first-order chi connectivity index (χ1) is 13.0. The second-order valence-electron chi connectivity index (χ2n) is 7.70. The Morgan fingerprint density at radius 1 is 0.741 bits per heavy atom. The molecule has 0 rings (SSSR count). The van der Waals surface area contributed by atoms with Crippen LogP contribution in [0.1, 0.15) is 91.9 Å². The van der Waals surface area contributed by atoms with Gasteiger partial charge in [-0.3, -0.25) is 0 Å². The van der Waals surface area contributed by atoms with Crippen molar-refractivity contribution in [1.29, 1.82) is 0 Å². The zero-order chi connectivity index (χ0) is 20.5. The van der Waals surface area contributed by atoms with Crippen LogP contribution >= 0.6 is 0 Å². The summed E-state index contributed by atoms with van der Waals surface area (Å²) in [5.41, 5.74) is 3.37. The van der Waals surface area contributed by atoms with E-state index in [-0.39, 0.29) is 6.04 Å². The standard InChI is InChI=1S/C24H47N3/c1-8-12-15-23(11-4)21(6)27-24(22(7)26-19-14-10-3)17-16-20(5)25-18-13-9-2/h23-27H,5-19H2,1-4H3. The van der Waals surface area contributed by atoms with E-state index in [2.05, 4.69) is 63.4 Å². The van der Waals surface area contributed by atoms with Crippen LogP contribution < -0.4 is 16.0 Å². The zero-order valence-electron chi connectivity index (χ0n) is 18.8. The molecule has 3 heteroatoms. The third kappa shape index (κ3) is 12.6. The van der Waals surface area contributed by atoms with Crippen LogP contribution in [0, 0.1) is 5.92 Å². The molecule has 0 fully saturated rings. The lowest BCUT2D eigenvalue weighted by Crippen LogP contribution is -2.38. The first kappa shape index (κ1) is 25.6. The zero-order valence-corrected chi connectivity index (χ0v) is 18.8. The van der Waals surface area contributed by atoms with Crippen LogP contribution in [-0.4, -0.2) is 19.1 Å². The van der Waals surface area contributed by atoms with Crippen molar-refractivity contribution in [3.63, 3.8) is 0 Å². The summed E-state index contributed by atoms with van der Waals surface area (Å²) >= 11 is 0. The van der Waals surface area contributed by atoms with Gasteiger partial charge in [-0.2, -0.15) is 0 Å². The lowest BCUT2D eigenvalue weighted by molar-refractivity contribution is 0.448. The first-order valence-corrected chi connectivity index (χ1v) is 11.3. The highest BCUT2D eigenvalue weighted by molar-refractivity contribution is 5.11. The normalized spacial score (nSPS) is 12.9. The number of hydrogen-bond donors (Lipinski definition) is 3. The first-order valence-electron chi connectivity index (χ1n) is 11.3. The topological polar surface area (TPSA) is 36.1 Å². The van der Waals surface area contributed by atoms with Crippen LogP contribution in [0.15, 0.2) is 36.8 Å². The maximum Gasteiger partial charge on any atom is 0.0654 e. The van der Waals surface area contributed by atoms with Crippen LogP contribution in [0.25, 0.3) is 0 Å². The third-order valence-corrected chi connectivity index (χ3v) is 5.19. The minimum atomic E-state index is 0.203. The molecule has 0 aromatic heterocycles. The molecule has 0 spiro atoms. The van der Waals surface area contributed by atoms with Crippen LogP contribution in [0.4, 0.5) is 0 Å². The maximum atomic E-state index is 4.37. The number of rotatable bonds is 19. The fraction of sp³-hybridized carbons (Fsp3) is 0.750. The summed E-state index contributed by atoms with van der Waals surface area (Å²) in [7, 11) is 0. The summed E-state index contributed by atoms with van der Waals surface area (Å²) in [5.74, 6) is 0.543. The Hall–Kier alpha value is -1.38. The van der Waals surface area contributed by atoms with E-state index in [1.807, 2.05) is 0 Å². The van der Waals surface area contributed by atoms with Crippen molar-refractivity contribution < 1.29 is 0 Å². The molecule has 0 aromatic carbocycles. The van der Waals surface area contributed by atoms with E-state index in [4.69, 9.17) is 0 Å². The van der Waals surface area contributed by atoms with Crippen molar-refractivity contribution in [2.75, 3.05) is 13.1 Å². The minimum Gasteiger partial charge on any atom is -0.389 e. The molecule has 0 aliphatic heterocycles. The maximum absolute atomic E-state index is 4.37. The molecular formula is C24H47N3. The van der Waals surface area contributed by atoms with Crippen LogP contribution in [-0.2, 0) is 0 Å². The quantitative estimate of drug-likeness (QED) is 0.232. The van der Waals surface area contributed by atoms with E-state index in [1.54, 1.807) is 0 Å². The van der Waals surface area contributed by atoms with Gasteiger partial charge in [0.05, 0.1) is 6.04 Å². The molecule has 0 heterocycles. The van der Waals surface area contributed by atoms with Gasteiger partial charge in [-0.1, -0.05) is 73.1 Å². The van der Waals surface area contributed by atoms with E-state index in [1.165, 1.54) is 50.6 Å². The highest BCUT2D eigenvalue weighted by Gasteiger charge is 2.17.